The molecule has 1 atom stereocenters. The molecule has 0 fully saturated rings. The van der Waals surface area contributed by atoms with Gasteiger partial charge in [-0.1, -0.05) is 6.07 Å². The van der Waals surface area contributed by atoms with E-state index in [-0.39, 0.29) is 0 Å². The lowest BCUT2D eigenvalue weighted by Gasteiger charge is -2.08. The minimum Gasteiger partial charge on any atom is -0.258 e. The summed E-state index contributed by atoms with van der Waals surface area (Å²) in [5.41, 5.74) is -1.71. The molecule has 7 nitrogen and oxygen atoms in total. The fourth-order valence-electron chi connectivity index (χ4n) is 1.02. The summed E-state index contributed by atoms with van der Waals surface area (Å²) in [4.78, 5) is 9.45. The minimum atomic E-state index is -5.26. The molecule has 0 spiro atoms. The van der Waals surface area contributed by atoms with E-state index < -0.39 is 31.9 Å². The molecule has 0 aromatic heterocycles. The first kappa shape index (κ1) is 13.6. The topological polar surface area (TPSA) is 117 Å². The molecule has 1 unspecified atom stereocenters. The second-order valence-corrected chi connectivity index (χ2v) is 4.55. The first-order valence-electron chi connectivity index (χ1n) is 4.03. The van der Waals surface area contributed by atoms with Gasteiger partial charge in [-0.05, 0) is 10.3 Å². The summed E-state index contributed by atoms with van der Waals surface area (Å²) in [7, 11) is -5.26. The molecule has 0 heterocycles. The third-order valence-electron chi connectivity index (χ3n) is 1.86. The standard InChI is InChI=1S/C7H7F2N2O5S/c8-7(9,17(14,15)16-10)5-2-1-3-6(4-5)11(12)13/h1-4H,10H3/q+2. The number of nitrogens with zero attached hydrogens (tertiary/aromatic N) is 1. The summed E-state index contributed by atoms with van der Waals surface area (Å²) in [6, 6.07) is 3.09. The normalized spacial score (nSPS) is 15.3. The average molecular weight is 269 g/mol. The Bertz CT molecular complexity index is 495. The van der Waals surface area contributed by atoms with E-state index in [1.165, 1.54) is 0 Å². The summed E-state index contributed by atoms with van der Waals surface area (Å²) >= 11 is 0. The zero-order valence-electron chi connectivity index (χ0n) is 8.17. The molecule has 17 heavy (non-hydrogen) atoms. The Balaban J connectivity index is 3.29. The second-order valence-electron chi connectivity index (χ2n) is 2.90. The maximum absolute atomic E-state index is 13.4. The van der Waals surface area contributed by atoms with Crippen LogP contribution in [0.25, 0.3) is 0 Å². The van der Waals surface area contributed by atoms with E-state index in [2.05, 4.69) is 10.2 Å². The van der Waals surface area contributed by atoms with Gasteiger partial charge in [0.05, 0.1) is 19.3 Å². The highest BCUT2D eigenvalue weighted by Crippen LogP contribution is 2.39. The quantitative estimate of drug-likeness (QED) is 0.488. The van der Waals surface area contributed by atoms with Crippen molar-refractivity contribution < 1.29 is 32.6 Å². The molecule has 0 amide bonds. The van der Waals surface area contributed by atoms with Gasteiger partial charge in [-0.2, -0.15) is 5.90 Å². The van der Waals surface area contributed by atoms with E-state index in [1.807, 2.05) is 0 Å². The molecule has 1 rings (SSSR count). The van der Waals surface area contributed by atoms with Crippen LogP contribution in [-0.2, 0) is 28.8 Å². The van der Waals surface area contributed by atoms with Crippen molar-refractivity contribution in [2.75, 3.05) is 0 Å². The van der Waals surface area contributed by atoms with Crippen molar-refractivity contribution >= 4 is 16.2 Å². The predicted molar refractivity (Wildman–Crippen MR) is 49.7 cm³/mol. The van der Waals surface area contributed by atoms with Crippen LogP contribution in [0.2, 0.25) is 0 Å². The lowest BCUT2D eigenvalue weighted by atomic mass is 10.2. The van der Waals surface area contributed by atoms with Crippen molar-refractivity contribution in [1.29, 1.82) is 0 Å². The summed E-state index contributed by atoms with van der Waals surface area (Å²) in [5.74, 6) is 2.40. The zero-order valence-corrected chi connectivity index (χ0v) is 8.99. The van der Waals surface area contributed by atoms with E-state index in [4.69, 9.17) is 0 Å². The monoisotopic (exact) mass is 269 g/mol. The van der Waals surface area contributed by atoms with Crippen molar-refractivity contribution in [1.82, 2.24) is 0 Å². The molecule has 3 N–H and O–H groups in total. The molecule has 0 saturated heterocycles. The van der Waals surface area contributed by atoms with Crippen LogP contribution in [-0.4, -0.2) is 4.92 Å². The van der Waals surface area contributed by atoms with E-state index in [1.54, 1.807) is 0 Å². The van der Waals surface area contributed by atoms with Crippen molar-refractivity contribution in [2.24, 2.45) is 0 Å². The lowest BCUT2D eigenvalue weighted by Crippen LogP contribution is -2.56. The van der Waals surface area contributed by atoms with Gasteiger partial charge in [-0.25, -0.2) is 0 Å². The van der Waals surface area contributed by atoms with Crippen molar-refractivity contribution in [2.45, 2.75) is 5.25 Å². The van der Waals surface area contributed by atoms with Gasteiger partial charge in [0.25, 0.3) is 5.69 Å². The third-order valence-corrected chi connectivity index (χ3v) is 3.04. The Morgan fingerprint density at radius 3 is 2.53 bits per heavy atom. The van der Waals surface area contributed by atoms with Gasteiger partial charge in [-0.15, -0.1) is 8.78 Å². The Morgan fingerprint density at radius 2 is 2.06 bits per heavy atom. The molecule has 0 aliphatic heterocycles. The third kappa shape index (κ3) is 2.44. The van der Waals surface area contributed by atoms with Crippen molar-refractivity contribution in [3.63, 3.8) is 0 Å². The molecular formula is C7H7F2N2O5S+2. The Kier molecular flexibility index (Phi) is 3.52. The molecule has 1 aromatic rings. The summed E-state index contributed by atoms with van der Waals surface area (Å²) in [5, 5.41) is 5.96. The highest BCUT2D eigenvalue weighted by Gasteiger charge is 2.65. The van der Waals surface area contributed by atoms with Gasteiger partial charge in [0.1, 0.15) is 0 Å². The molecule has 1 aromatic carbocycles. The molecule has 1 radical (unpaired) electrons. The average Bonchev–Trinajstić information content (AvgIpc) is 2.28. The van der Waals surface area contributed by atoms with E-state index in [9.17, 15) is 27.7 Å². The molecule has 0 saturated carbocycles. The van der Waals surface area contributed by atoms with Gasteiger partial charge in [-0.3, -0.25) is 10.1 Å². The van der Waals surface area contributed by atoms with Crippen LogP contribution in [0.4, 0.5) is 14.5 Å². The number of hydrogen-bond acceptors (Lipinski definition) is 4. The highest BCUT2D eigenvalue weighted by molar-refractivity contribution is 7.93. The van der Waals surface area contributed by atoms with Crippen molar-refractivity contribution in [3.8, 4) is 0 Å². The molecular weight excluding hydrogens is 262 g/mol. The largest absolute Gasteiger partial charge is 0.522 e. The van der Waals surface area contributed by atoms with Gasteiger partial charge in [0.2, 0.25) is 0 Å². The summed E-state index contributed by atoms with van der Waals surface area (Å²) in [6.07, 6.45) is 0. The molecule has 0 bridgehead atoms. The maximum Gasteiger partial charge on any atom is 0.522 e. The van der Waals surface area contributed by atoms with Crippen LogP contribution in [0.3, 0.4) is 0 Å². The first-order chi connectivity index (χ1) is 7.72. The van der Waals surface area contributed by atoms with Gasteiger partial charge in [0.15, 0.2) is 0 Å². The number of benzene rings is 1. The van der Waals surface area contributed by atoms with Crippen LogP contribution in [0.5, 0.6) is 0 Å². The van der Waals surface area contributed by atoms with Crippen LogP contribution in [0.15, 0.2) is 24.3 Å². The second kappa shape index (κ2) is 4.41. The highest BCUT2D eigenvalue weighted by atomic mass is 32.3. The van der Waals surface area contributed by atoms with Crippen LogP contribution in [0.1, 0.15) is 5.56 Å². The number of rotatable bonds is 4. The Morgan fingerprint density at radius 1 is 1.47 bits per heavy atom. The smallest absolute Gasteiger partial charge is 0.258 e. The number of quaternary nitrogens is 1. The van der Waals surface area contributed by atoms with E-state index in [0.717, 1.165) is 18.2 Å². The maximum atomic E-state index is 13.4. The number of hydrogen-bond donors (Lipinski definition) is 1. The summed E-state index contributed by atoms with van der Waals surface area (Å²) < 4.78 is 52.1. The first-order valence-corrected chi connectivity index (χ1v) is 5.44. The van der Waals surface area contributed by atoms with Crippen LogP contribution >= 0.6 is 0 Å². The van der Waals surface area contributed by atoms with Gasteiger partial charge < -0.3 is 0 Å². The fourth-order valence-corrected chi connectivity index (χ4v) is 1.58. The summed E-state index contributed by atoms with van der Waals surface area (Å²) in [6.45, 7) is 0. The molecule has 0 aliphatic rings. The van der Waals surface area contributed by atoms with E-state index in [0.29, 0.717) is 6.07 Å². The number of non-ortho nitro benzene ring substituents is 1. The molecule has 93 valence electrons. The number of nitro benzene ring substituents is 1. The van der Waals surface area contributed by atoms with Gasteiger partial charge in [0, 0.05) is 12.1 Å². The fraction of sp³-hybridized carbons (Fsp3) is 0.143. The zero-order chi connectivity index (χ0) is 13.3. The lowest BCUT2D eigenvalue weighted by molar-refractivity contribution is -0.639. The van der Waals surface area contributed by atoms with Gasteiger partial charge >= 0.3 is 15.7 Å². The Labute approximate surface area is 94.7 Å². The Hall–Kier alpha value is -1.49. The molecule has 0 aliphatic carbocycles. The number of halogens is 2. The van der Waals surface area contributed by atoms with E-state index >= 15 is 0 Å². The SMILES string of the molecule is [NH3+]O[S+]([O])(=O)C(F)(F)c1cccc([N+](=O)[O-])c1. The van der Waals surface area contributed by atoms with Crippen LogP contribution < -0.4 is 5.90 Å². The molecule has 10 heteroatoms. The predicted octanol–water partition coefficient (Wildman–Crippen LogP) is 0.578. The number of alkyl halides is 2. The van der Waals surface area contributed by atoms with Crippen molar-refractivity contribution in [3.05, 3.63) is 39.9 Å². The van der Waals surface area contributed by atoms with Crippen LogP contribution in [0, 0.1) is 10.1 Å². The minimum absolute atomic E-state index is 0.455. The number of nitro groups is 1.